The quantitative estimate of drug-likeness (QED) is 0.341. The fourth-order valence-corrected chi connectivity index (χ4v) is 2.48. The van der Waals surface area contributed by atoms with E-state index in [2.05, 4.69) is 32.9 Å². The van der Waals surface area contributed by atoms with Gasteiger partial charge in [-0.25, -0.2) is 0 Å². The van der Waals surface area contributed by atoms with Gasteiger partial charge in [-0.15, -0.1) is 5.10 Å². The van der Waals surface area contributed by atoms with Crippen LogP contribution < -0.4 is 14.8 Å². The summed E-state index contributed by atoms with van der Waals surface area (Å²) in [5.41, 5.74) is 0.431. The van der Waals surface area contributed by atoms with Gasteiger partial charge in [0, 0.05) is 0 Å². The van der Waals surface area contributed by atoms with Gasteiger partial charge in [0.1, 0.15) is 11.5 Å². The van der Waals surface area contributed by atoms with Gasteiger partial charge in [0.05, 0.1) is 12.2 Å². The van der Waals surface area contributed by atoms with E-state index in [0.29, 0.717) is 23.7 Å². The number of carbonyl (C=O) groups excluding carboxylic acids is 2. The minimum atomic E-state index is -1.12. The molecular formula is C15H17N5O4. The van der Waals surface area contributed by atoms with E-state index in [-0.39, 0.29) is 5.95 Å². The zero-order valence-corrected chi connectivity index (χ0v) is 13.1. The number of rotatable bonds is 7. The number of nitrogens with one attached hydrogen (secondary N) is 2. The molecule has 0 fully saturated rings. The van der Waals surface area contributed by atoms with E-state index < -0.39 is 17.8 Å². The zero-order valence-electron chi connectivity index (χ0n) is 13.1. The molecule has 2 N–H and O–H groups in total. The molecule has 0 saturated heterocycles. The average molecular weight is 331 g/mol. The van der Waals surface area contributed by atoms with Crippen molar-refractivity contribution in [2.45, 2.75) is 32.1 Å². The van der Waals surface area contributed by atoms with Gasteiger partial charge in [0.2, 0.25) is 5.91 Å². The Morgan fingerprint density at radius 1 is 1.42 bits per heavy atom. The SMILES string of the molecule is CCCCCOc1cccc2c1C(C(=O)Nc1nn[nH]n1)C(=O)O2. The number of aromatic amines is 1. The Labute approximate surface area is 137 Å². The van der Waals surface area contributed by atoms with Gasteiger partial charge in [-0.05, 0) is 23.8 Å². The smallest absolute Gasteiger partial charge is 0.328 e. The first-order chi connectivity index (χ1) is 11.7. The lowest BCUT2D eigenvalue weighted by Crippen LogP contribution is -2.27. The van der Waals surface area contributed by atoms with Crippen LogP contribution in [0, 0.1) is 0 Å². The van der Waals surface area contributed by atoms with Crippen molar-refractivity contribution in [3.8, 4) is 11.5 Å². The van der Waals surface area contributed by atoms with Crippen molar-refractivity contribution < 1.29 is 19.1 Å². The number of fused-ring (bicyclic) bond motifs is 1. The first kappa shape index (κ1) is 15.9. The van der Waals surface area contributed by atoms with Crippen LogP contribution in [0.25, 0.3) is 0 Å². The predicted molar refractivity (Wildman–Crippen MR) is 82.6 cm³/mol. The molecule has 0 aliphatic carbocycles. The lowest BCUT2D eigenvalue weighted by Gasteiger charge is -2.12. The Bertz CT molecular complexity index is 731. The summed E-state index contributed by atoms with van der Waals surface area (Å²) < 4.78 is 10.9. The number of hydrogen-bond donors (Lipinski definition) is 2. The van der Waals surface area contributed by atoms with Crippen LogP contribution in [-0.2, 0) is 9.59 Å². The predicted octanol–water partition coefficient (Wildman–Crippen LogP) is 1.41. The highest BCUT2D eigenvalue weighted by Crippen LogP contribution is 2.41. The molecule has 0 bridgehead atoms. The number of carbonyl (C=O) groups is 2. The first-order valence-corrected chi connectivity index (χ1v) is 7.72. The van der Waals surface area contributed by atoms with Crippen LogP contribution in [0.15, 0.2) is 18.2 Å². The van der Waals surface area contributed by atoms with E-state index in [4.69, 9.17) is 9.47 Å². The number of ether oxygens (including phenoxy) is 2. The van der Waals surface area contributed by atoms with Gasteiger partial charge >= 0.3 is 5.97 Å². The van der Waals surface area contributed by atoms with Crippen LogP contribution >= 0.6 is 0 Å². The van der Waals surface area contributed by atoms with E-state index in [1.54, 1.807) is 18.2 Å². The van der Waals surface area contributed by atoms with E-state index in [0.717, 1.165) is 19.3 Å². The summed E-state index contributed by atoms with van der Waals surface area (Å²) in [6.45, 7) is 2.61. The maximum absolute atomic E-state index is 12.4. The van der Waals surface area contributed by atoms with Crippen molar-refractivity contribution in [1.29, 1.82) is 0 Å². The Balaban J connectivity index is 1.80. The second-order valence-corrected chi connectivity index (χ2v) is 5.30. The summed E-state index contributed by atoms with van der Waals surface area (Å²) in [6, 6.07) is 5.08. The highest BCUT2D eigenvalue weighted by Gasteiger charge is 2.41. The molecule has 3 rings (SSSR count). The van der Waals surface area contributed by atoms with Crippen LogP contribution in [0.4, 0.5) is 5.95 Å². The molecule has 1 aromatic carbocycles. The lowest BCUT2D eigenvalue weighted by molar-refractivity contribution is -0.137. The largest absolute Gasteiger partial charge is 0.493 e. The number of unbranched alkanes of at least 4 members (excludes halogenated alkanes) is 2. The number of benzene rings is 1. The maximum atomic E-state index is 12.4. The normalized spacial score (nSPS) is 15.7. The van der Waals surface area contributed by atoms with E-state index in [9.17, 15) is 9.59 Å². The minimum Gasteiger partial charge on any atom is -0.493 e. The van der Waals surface area contributed by atoms with Gasteiger partial charge in [0.25, 0.3) is 5.95 Å². The summed E-state index contributed by atoms with van der Waals surface area (Å²) in [7, 11) is 0. The molecule has 0 radical (unpaired) electrons. The number of hydrogen-bond acceptors (Lipinski definition) is 7. The van der Waals surface area contributed by atoms with Crippen LogP contribution in [0.1, 0.15) is 37.7 Å². The molecule has 1 aliphatic rings. The van der Waals surface area contributed by atoms with E-state index in [1.807, 2.05) is 0 Å². The Kier molecular flexibility index (Phi) is 4.69. The molecule has 24 heavy (non-hydrogen) atoms. The summed E-state index contributed by atoms with van der Waals surface area (Å²) in [5, 5.41) is 15.3. The van der Waals surface area contributed by atoms with Gasteiger partial charge in [-0.2, -0.15) is 5.21 Å². The van der Waals surface area contributed by atoms with Crippen LogP contribution in [0.3, 0.4) is 0 Å². The number of aromatic nitrogens is 4. The van der Waals surface area contributed by atoms with E-state index in [1.165, 1.54) is 0 Å². The van der Waals surface area contributed by atoms with Crippen molar-refractivity contribution in [2.24, 2.45) is 0 Å². The molecule has 1 amide bonds. The average Bonchev–Trinajstić information content (AvgIpc) is 3.18. The number of tetrazole rings is 1. The van der Waals surface area contributed by atoms with Gasteiger partial charge in [-0.3, -0.25) is 14.9 Å². The summed E-state index contributed by atoms with van der Waals surface area (Å²) in [6.07, 6.45) is 3.02. The number of anilines is 1. The fraction of sp³-hybridized carbons (Fsp3) is 0.400. The van der Waals surface area contributed by atoms with Crippen molar-refractivity contribution in [3.63, 3.8) is 0 Å². The second kappa shape index (κ2) is 7.07. The third-order valence-electron chi connectivity index (χ3n) is 3.61. The lowest BCUT2D eigenvalue weighted by atomic mass is 9.98. The highest BCUT2D eigenvalue weighted by atomic mass is 16.5. The third-order valence-corrected chi connectivity index (χ3v) is 3.61. The number of nitrogens with zero attached hydrogens (tertiary/aromatic N) is 3. The molecule has 0 saturated carbocycles. The van der Waals surface area contributed by atoms with Crippen molar-refractivity contribution in [2.75, 3.05) is 11.9 Å². The summed E-state index contributed by atoms with van der Waals surface area (Å²) >= 11 is 0. The van der Waals surface area contributed by atoms with Crippen LogP contribution in [0.5, 0.6) is 11.5 Å². The Morgan fingerprint density at radius 3 is 3.04 bits per heavy atom. The third kappa shape index (κ3) is 3.19. The molecule has 1 aliphatic heterocycles. The monoisotopic (exact) mass is 331 g/mol. The second-order valence-electron chi connectivity index (χ2n) is 5.30. The molecule has 126 valence electrons. The fourth-order valence-electron chi connectivity index (χ4n) is 2.48. The summed E-state index contributed by atoms with van der Waals surface area (Å²) in [4.78, 5) is 24.6. The number of amides is 1. The zero-order chi connectivity index (χ0) is 16.9. The van der Waals surface area contributed by atoms with Gasteiger partial charge < -0.3 is 9.47 Å². The van der Waals surface area contributed by atoms with Crippen LogP contribution in [-0.4, -0.2) is 39.1 Å². The molecule has 2 aromatic rings. The van der Waals surface area contributed by atoms with Gasteiger partial charge in [-0.1, -0.05) is 30.9 Å². The topological polar surface area (TPSA) is 119 Å². The molecule has 9 heteroatoms. The molecule has 0 spiro atoms. The highest BCUT2D eigenvalue weighted by molar-refractivity contribution is 6.12. The molecule has 1 unspecified atom stereocenters. The molecular weight excluding hydrogens is 314 g/mol. The van der Waals surface area contributed by atoms with Gasteiger partial charge in [0.15, 0.2) is 5.92 Å². The van der Waals surface area contributed by atoms with E-state index >= 15 is 0 Å². The van der Waals surface area contributed by atoms with Crippen molar-refractivity contribution in [1.82, 2.24) is 20.6 Å². The molecule has 2 heterocycles. The molecule has 9 nitrogen and oxygen atoms in total. The molecule has 1 atom stereocenters. The minimum absolute atomic E-state index is 0.0115. The standard InChI is InChI=1S/C15H17N5O4/c1-2-3-4-8-23-9-6-5-7-10-11(9)12(14(22)24-10)13(21)16-15-17-19-20-18-15/h5-7,12H,2-4,8H2,1H3,(H2,16,17,18,19,20,21). The maximum Gasteiger partial charge on any atom is 0.328 e. The number of H-pyrrole nitrogens is 1. The first-order valence-electron chi connectivity index (χ1n) is 7.72. The molecule has 1 aromatic heterocycles. The Hall–Kier alpha value is -2.97. The van der Waals surface area contributed by atoms with Crippen LogP contribution in [0.2, 0.25) is 0 Å². The van der Waals surface area contributed by atoms with Crippen molar-refractivity contribution >= 4 is 17.8 Å². The Morgan fingerprint density at radius 2 is 2.29 bits per heavy atom. The van der Waals surface area contributed by atoms with Crippen molar-refractivity contribution in [3.05, 3.63) is 23.8 Å². The number of esters is 1. The summed E-state index contributed by atoms with van der Waals surface area (Å²) in [5.74, 6) is -1.58.